The molecule has 18 heavy (non-hydrogen) atoms. The average Bonchev–Trinajstić information content (AvgIpc) is 2.42. The standard InChI is InChI=1S/C16H26N2/c1-2-17-11-10-15-6-8-16(9-7-15)14-18-12-4-3-5-13-18/h6-9,17H,2-5,10-14H2,1H3. The Kier molecular flexibility index (Phi) is 5.69. The molecule has 1 aliphatic heterocycles. The van der Waals surface area contributed by atoms with Gasteiger partial charge in [0.2, 0.25) is 0 Å². The molecule has 1 fully saturated rings. The molecule has 100 valence electrons. The maximum atomic E-state index is 3.37. The van der Waals surface area contributed by atoms with Crippen molar-refractivity contribution in [1.29, 1.82) is 0 Å². The van der Waals surface area contributed by atoms with Crippen LogP contribution >= 0.6 is 0 Å². The summed E-state index contributed by atoms with van der Waals surface area (Å²) in [6.45, 7) is 7.99. The molecule has 2 rings (SSSR count). The number of likely N-dealkylation sites (N-methyl/N-ethyl adjacent to an activating group) is 1. The maximum Gasteiger partial charge on any atom is 0.0233 e. The molecule has 0 atom stereocenters. The third kappa shape index (κ3) is 4.43. The number of benzene rings is 1. The molecule has 0 aromatic heterocycles. The van der Waals surface area contributed by atoms with Crippen LogP contribution in [0.4, 0.5) is 0 Å². The molecule has 2 nitrogen and oxygen atoms in total. The largest absolute Gasteiger partial charge is 0.317 e. The van der Waals surface area contributed by atoms with E-state index in [0.717, 1.165) is 26.1 Å². The zero-order valence-electron chi connectivity index (χ0n) is 11.6. The van der Waals surface area contributed by atoms with Gasteiger partial charge in [-0.1, -0.05) is 37.6 Å². The van der Waals surface area contributed by atoms with E-state index in [0.29, 0.717) is 0 Å². The number of nitrogens with zero attached hydrogens (tertiary/aromatic N) is 1. The van der Waals surface area contributed by atoms with Crippen molar-refractivity contribution in [3.63, 3.8) is 0 Å². The van der Waals surface area contributed by atoms with Crippen LogP contribution in [-0.2, 0) is 13.0 Å². The van der Waals surface area contributed by atoms with E-state index in [1.165, 1.54) is 43.5 Å². The van der Waals surface area contributed by atoms with E-state index in [4.69, 9.17) is 0 Å². The van der Waals surface area contributed by atoms with Gasteiger partial charge in [-0.3, -0.25) is 4.90 Å². The van der Waals surface area contributed by atoms with Crippen LogP contribution in [0, 0.1) is 0 Å². The van der Waals surface area contributed by atoms with Crippen molar-refractivity contribution in [3.05, 3.63) is 35.4 Å². The summed E-state index contributed by atoms with van der Waals surface area (Å²) in [5, 5.41) is 3.37. The highest BCUT2D eigenvalue weighted by Crippen LogP contribution is 2.13. The Bertz CT molecular complexity index is 325. The first-order chi connectivity index (χ1) is 8.88. The van der Waals surface area contributed by atoms with Crippen molar-refractivity contribution in [3.8, 4) is 0 Å². The Balaban J connectivity index is 1.79. The van der Waals surface area contributed by atoms with Crippen molar-refractivity contribution in [1.82, 2.24) is 10.2 Å². The second-order valence-electron chi connectivity index (χ2n) is 5.26. The molecule has 1 heterocycles. The molecule has 0 spiro atoms. The minimum atomic E-state index is 1.06. The molecule has 1 aromatic rings. The molecule has 0 unspecified atom stereocenters. The van der Waals surface area contributed by atoms with Crippen molar-refractivity contribution >= 4 is 0 Å². The lowest BCUT2D eigenvalue weighted by Crippen LogP contribution is -2.29. The van der Waals surface area contributed by atoms with Gasteiger partial charge in [0.15, 0.2) is 0 Å². The summed E-state index contributed by atoms with van der Waals surface area (Å²) in [6, 6.07) is 9.18. The topological polar surface area (TPSA) is 15.3 Å². The lowest BCUT2D eigenvalue weighted by molar-refractivity contribution is 0.221. The zero-order valence-corrected chi connectivity index (χ0v) is 11.6. The van der Waals surface area contributed by atoms with Crippen LogP contribution in [0.25, 0.3) is 0 Å². The van der Waals surface area contributed by atoms with Crippen molar-refractivity contribution in [2.24, 2.45) is 0 Å². The fourth-order valence-corrected chi connectivity index (χ4v) is 2.60. The number of piperidine rings is 1. The molecule has 1 saturated heterocycles. The number of hydrogen-bond donors (Lipinski definition) is 1. The normalized spacial score (nSPS) is 16.9. The van der Waals surface area contributed by atoms with E-state index < -0.39 is 0 Å². The second-order valence-corrected chi connectivity index (χ2v) is 5.26. The number of rotatable bonds is 6. The molecular weight excluding hydrogens is 220 g/mol. The number of nitrogens with one attached hydrogen (secondary N) is 1. The van der Waals surface area contributed by atoms with E-state index in [2.05, 4.69) is 41.4 Å². The Hall–Kier alpha value is -0.860. The van der Waals surface area contributed by atoms with Crippen LogP contribution < -0.4 is 5.32 Å². The minimum Gasteiger partial charge on any atom is -0.317 e. The summed E-state index contributed by atoms with van der Waals surface area (Å²) in [5.41, 5.74) is 2.91. The van der Waals surface area contributed by atoms with E-state index in [1.54, 1.807) is 0 Å². The third-order valence-corrected chi connectivity index (χ3v) is 3.72. The van der Waals surface area contributed by atoms with Gasteiger partial charge in [0, 0.05) is 6.54 Å². The van der Waals surface area contributed by atoms with Crippen molar-refractivity contribution < 1.29 is 0 Å². The highest BCUT2D eigenvalue weighted by atomic mass is 15.1. The van der Waals surface area contributed by atoms with E-state index >= 15 is 0 Å². The third-order valence-electron chi connectivity index (χ3n) is 3.72. The minimum absolute atomic E-state index is 1.06. The van der Waals surface area contributed by atoms with Crippen LogP contribution in [0.2, 0.25) is 0 Å². The van der Waals surface area contributed by atoms with Crippen molar-refractivity contribution in [2.45, 2.75) is 39.2 Å². The van der Waals surface area contributed by atoms with Gasteiger partial charge in [0.1, 0.15) is 0 Å². The molecule has 1 aliphatic rings. The Morgan fingerprint density at radius 2 is 1.67 bits per heavy atom. The predicted octanol–water partition coefficient (Wildman–Crippen LogP) is 2.82. The zero-order chi connectivity index (χ0) is 12.6. The molecule has 0 radical (unpaired) electrons. The van der Waals surface area contributed by atoms with Crippen molar-refractivity contribution in [2.75, 3.05) is 26.2 Å². The summed E-state index contributed by atoms with van der Waals surface area (Å²) in [7, 11) is 0. The lowest BCUT2D eigenvalue weighted by atomic mass is 10.1. The number of hydrogen-bond acceptors (Lipinski definition) is 2. The molecule has 0 bridgehead atoms. The second kappa shape index (κ2) is 7.55. The number of likely N-dealkylation sites (tertiary alicyclic amines) is 1. The Morgan fingerprint density at radius 1 is 1.00 bits per heavy atom. The van der Waals surface area contributed by atoms with Crippen LogP contribution in [0.15, 0.2) is 24.3 Å². The highest BCUT2D eigenvalue weighted by Gasteiger charge is 2.09. The molecular formula is C16H26N2. The molecule has 1 aromatic carbocycles. The first-order valence-electron chi connectivity index (χ1n) is 7.39. The summed E-state index contributed by atoms with van der Waals surface area (Å²) in [5.74, 6) is 0. The molecule has 0 saturated carbocycles. The Morgan fingerprint density at radius 3 is 2.33 bits per heavy atom. The van der Waals surface area contributed by atoms with Gasteiger partial charge >= 0.3 is 0 Å². The summed E-state index contributed by atoms with van der Waals surface area (Å²) in [4.78, 5) is 2.58. The highest BCUT2D eigenvalue weighted by molar-refractivity contribution is 5.22. The van der Waals surface area contributed by atoms with E-state index in [-0.39, 0.29) is 0 Å². The van der Waals surface area contributed by atoms with Crippen LogP contribution in [0.3, 0.4) is 0 Å². The summed E-state index contributed by atoms with van der Waals surface area (Å²) < 4.78 is 0. The van der Waals surface area contributed by atoms with Gasteiger partial charge in [-0.05, 0) is 56.6 Å². The predicted molar refractivity (Wildman–Crippen MR) is 77.8 cm³/mol. The maximum absolute atomic E-state index is 3.37. The van der Waals surface area contributed by atoms with E-state index in [1.807, 2.05) is 0 Å². The average molecular weight is 246 g/mol. The van der Waals surface area contributed by atoms with Gasteiger partial charge < -0.3 is 5.32 Å². The van der Waals surface area contributed by atoms with Gasteiger partial charge in [0.05, 0.1) is 0 Å². The molecule has 0 amide bonds. The first kappa shape index (κ1) is 13.6. The smallest absolute Gasteiger partial charge is 0.0233 e. The van der Waals surface area contributed by atoms with Gasteiger partial charge in [-0.2, -0.15) is 0 Å². The van der Waals surface area contributed by atoms with Crippen LogP contribution in [0.5, 0.6) is 0 Å². The molecule has 0 aliphatic carbocycles. The Labute approximate surface area is 111 Å². The van der Waals surface area contributed by atoms with Crippen LogP contribution in [0.1, 0.15) is 37.3 Å². The van der Waals surface area contributed by atoms with Crippen LogP contribution in [-0.4, -0.2) is 31.1 Å². The van der Waals surface area contributed by atoms with Gasteiger partial charge in [-0.25, -0.2) is 0 Å². The summed E-state index contributed by atoms with van der Waals surface area (Å²) in [6.07, 6.45) is 5.30. The lowest BCUT2D eigenvalue weighted by Gasteiger charge is -2.26. The van der Waals surface area contributed by atoms with Gasteiger partial charge in [-0.15, -0.1) is 0 Å². The molecule has 1 N–H and O–H groups in total. The fraction of sp³-hybridized carbons (Fsp3) is 0.625. The van der Waals surface area contributed by atoms with Gasteiger partial charge in [0.25, 0.3) is 0 Å². The molecule has 2 heteroatoms. The quantitative estimate of drug-likeness (QED) is 0.777. The SMILES string of the molecule is CCNCCc1ccc(CN2CCCCC2)cc1. The first-order valence-corrected chi connectivity index (χ1v) is 7.39. The monoisotopic (exact) mass is 246 g/mol. The van der Waals surface area contributed by atoms with E-state index in [9.17, 15) is 0 Å². The summed E-state index contributed by atoms with van der Waals surface area (Å²) >= 11 is 0. The fourth-order valence-electron chi connectivity index (χ4n) is 2.60.